The van der Waals surface area contributed by atoms with E-state index >= 15 is 0 Å². The molecule has 0 aromatic rings. The first kappa shape index (κ1) is 46.4. The first-order valence-electron chi connectivity index (χ1n) is 21.6. The number of hydrogen-bond donors (Lipinski definition) is 1. The zero-order valence-corrected chi connectivity index (χ0v) is 32.3. The second kappa shape index (κ2) is 41.6. The van der Waals surface area contributed by atoms with E-state index in [-0.39, 0.29) is 12.6 Å². The summed E-state index contributed by atoms with van der Waals surface area (Å²) in [6.07, 6.45) is 47.5. The number of unbranched alkanes of at least 4 members (excludes halogenated alkanes) is 33. The lowest BCUT2D eigenvalue weighted by molar-refractivity contribution is -0.154. The minimum Gasteiger partial charge on any atom is -0.457 e. The summed E-state index contributed by atoms with van der Waals surface area (Å²) in [5.41, 5.74) is 0. The molecule has 0 aliphatic carbocycles. The van der Waals surface area contributed by atoms with E-state index in [9.17, 15) is 9.90 Å². The molecule has 0 amide bonds. The second-order valence-electron chi connectivity index (χ2n) is 14.8. The summed E-state index contributed by atoms with van der Waals surface area (Å²) in [6, 6.07) is 0. The molecular formula is C43H86O4. The third kappa shape index (κ3) is 39.7. The number of aliphatic hydroxyl groups is 1. The van der Waals surface area contributed by atoms with Crippen molar-refractivity contribution >= 4 is 5.97 Å². The topological polar surface area (TPSA) is 55.8 Å². The first-order valence-corrected chi connectivity index (χ1v) is 21.6. The SMILES string of the molecule is CCCCCCCCCCCCCCCCCCCCCCCCCCCC(=O)OC(CO)COCCCCCCCCCCCC. The van der Waals surface area contributed by atoms with Gasteiger partial charge in [0.15, 0.2) is 0 Å². The highest BCUT2D eigenvalue weighted by molar-refractivity contribution is 5.69. The monoisotopic (exact) mass is 667 g/mol. The fourth-order valence-electron chi connectivity index (χ4n) is 6.68. The molecule has 1 N–H and O–H groups in total. The Kier molecular flexibility index (Phi) is 41.0. The Hall–Kier alpha value is -0.610. The van der Waals surface area contributed by atoms with Crippen LogP contribution in [0.1, 0.15) is 245 Å². The van der Waals surface area contributed by atoms with Crippen LogP contribution in [0.5, 0.6) is 0 Å². The van der Waals surface area contributed by atoms with Crippen molar-refractivity contribution < 1.29 is 19.4 Å². The summed E-state index contributed by atoms with van der Waals surface area (Å²) in [5, 5.41) is 9.56. The molecule has 282 valence electrons. The van der Waals surface area contributed by atoms with E-state index in [0.29, 0.717) is 19.6 Å². The van der Waals surface area contributed by atoms with Gasteiger partial charge in [0.05, 0.1) is 13.2 Å². The number of carbonyl (C=O) groups is 1. The largest absolute Gasteiger partial charge is 0.457 e. The van der Waals surface area contributed by atoms with Gasteiger partial charge in [-0.3, -0.25) is 4.79 Å². The van der Waals surface area contributed by atoms with E-state index in [1.807, 2.05) is 0 Å². The molecule has 0 saturated carbocycles. The summed E-state index contributed by atoms with van der Waals surface area (Å²) in [6.45, 7) is 5.39. The Bertz CT molecular complexity index is 580. The van der Waals surface area contributed by atoms with Gasteiger partial charge in [0.1, 0.15) is 6.10 Å². The lowest BCUT2D eigenvalue weighted by Crippen LogP contribution is -2.27. The Morgan fingerprint density at radius 2 is 0.702 bits per heavy atom. The van der Waals surface area contributed by atoms with E-state index in [2.05, 4.69) is 13.8 Å². The van der Waals surface area contributed by atoms with Gasteiger partial charge < -0.3 is 14.6 Å². The Morgan fingerprint density at radius 3 is 1.00 bits per heavy atom. The van der Waals surface area contributed by atoms with Crippen LogP contribution in [0.25, 0.3) is 0 Å². The van der Waals surface area contributed by atoms with Gasteiger partial charge in [-0.1, -0.05) is 226 Å². The molecule has 0 bridgehead atoms. The van der Waals surface area contributed by atoms with Gasteiger partial charge in [-0.25, -0.2) is 0 Å². The molecule has 0 radical (unpaired) electrons. The summed E-state index contributed by atoms with van der Waals surface area (Å²) in [7, 11) is 0. The van der Waals surface area contributed by atoms with Gasteiger partial charge in [-0.05, 0) is 12.8 Å². The zero-order valence-electron chi connectivity index (χ0n) is 32.3. The Balaban J connectivity index is 3.31. The highest BCUT2D eigenvalue weighted by atomic mass is 16.6. The molecule has 47 heavy (non-hydrogen) atoms. The van der Waals surface area contributed by atoms with Crippen LogP contribution in [0.3, 0.4) is 0 Å². The molecule has 0 aromatic heterocycles. The number of carbonyl (C=O) groups excluding carboxylic acids is 1. The molecule has 0 saturated heterocycles. The van der Waals surface area contributed by atoms with Crippen molar-refractivity contribution in [2.24, 2.45) is 0 Å². The quantitative estimate of drug-likeness (QED) is 0.0521. The van der Waals surface area contributed by atoms with Crippen molar-refractivity contribution in [1.82, 2.24) is 0 Å². The highest BCUT2D eigenvalue weighted by Crippen LogP contribution is 2.16. The first-order chi connectivity index (χ1) is 23.2. The third-order valence-corrected chi connectivity index (χ3v) is 9.93. The third-order valence-electron chi connectivity index (χ3n) is 9.93. The molecule has 0 rings (SSSR count). The van der Waals surface area contributed by atoms with Gasteiger partial charge in [-0.15, -0.1) is 0 Å². The normalized spacial score (nSPS) is 12.1. The molecule has 0 fully saturated rings. The average Bonchev–Trinajstić information content (AvgIpc) is 3.08. The molecule has 0 heterocycles. The van der Waals surface area contributed by atoms with Gasteiger partial charge in [0.2, 0.25) is 0 Å². The average molecular weight is 667 g/mol. The Labute approximate surface area is 295 Å². The van der Waals surface area contributed by atoms with Crippen molar-refractivity contribution in [3.05, 3.63) is 0 Å². The van der Waals surface area contributed by atoms with Crippen LogP contribution >= 0.6 is 0 Å². The predicted octanol–water partition coefficient (Wildman–Crippen LogP) is 14.0. The number of hydrogen-bond acceptors (Lipinski definition) is 4. The summed E-state index contributed by atoms with van der Waals surface area (Å²) >= 11 is 0. The minimum absolute atomic E-state index is 0.163. The standard InChI is InChI=1S/C43H86O4/c1-3-5-7-9-11-13-15-16-17-18-19-20-21-22-23-24-25-26-27-28-29-30-32-34-36-38-43(45)47-42(40-44)41-46-39-37-35-33-31-14-12-10-8-6-4-2/h42,44H,3-41H2,1-2H3. The maximum absolute atomic E-state index is 12.2. The summed E-state index contributed by atoms with van der Waals surface area (Å²) in [5.74, 6) is -0.194. The maximum atomic E-state index is 12.2. The number of esters is 1. The van der Waals surface area contributed by atoms with Crippen LogP contribution < -0.4 is 0 Å². The summed E-state index contributed by atoms with van der Waals surface area (Å²) < 4.78 is 11.1. The number of ether oxygens (including phenoxy) is 2. The second-order valence-corrected chi connectivity index (χ2v) is 14.8. The minimum atomic E-state index is -0.523. The molecule has 1 atom stereocenters. The molecule has 1 unspecified atom stereocenters. The molecule has 0 aliphatic rings. The maximum Gasteiger partial charge on any atom is 0.306 e. The van der Waals surface area contributed by atoms with Crippen LogP contribution in [-0.2, 0) is 14.3 Å². The number of rotatable bonds is 41. The fourth-order valence-corrected chi connectivity index (χ4v) is 6.68. The van der Waals surface area contributed by atoms with Gasteiger partial charge in [-0.2, -0.15) is 0 Å². The van der Waals surface area contributed by atoms with Crippen LogP contribution in [0.4, 0.5) is 0 Å². The van der Waals surface area contributed by atoms with Gasteiger partial charge >= 0.3 is 5.97 Å². The van der Waals surface area contributed by atoms with Crippen LogP contribution in [-0.4, -0.2) is 37.0 Å². The lowest BCUT2D eigenvalue weighted by atomic mass is 10.0. The van der Waals surface area contributed by atoms with Gasteiger partial charge in [0, 0.05) is 13.0 Å². The molecule has 0 aliphatic heterocycles. The van der Waals surface area contributed by atoms with Crippen molar-refractivity contribution in [3.8, 4) is 0 Å². The Morgan fingerprint density at radius 1 is 0.426 bits per heavy atom. The van der Waals surface area contributed by atoms with Gasteiger partial charge in [0.25, 0.3) is 0 Å². The molecule has 0 spiro atoms. The fraction of sp³-hybridized carbons (Fsp3) is 0.977. The summed E-state index contributed by atoms with van der Waals surface area (Å²) in [4.78, 5) is 12.2. The predicted molar refractivity (Wildman–Crippen MR) is 205 cm³/mol. The van der Waals surface area contributed by atoms with Crippen LogP contribution in [0.2, 0.25) is 0 Å². The lowest BCUT2D eigenvalue weighted by Gasteiger charge is -2.16. The van der Waals surface area contributed by atoms with Crippen molar-refractivity contribution in [3.63, 3.8) is 0 Å². The van der Waals surface area contributed by atoms with E-state index in [4.69, 9.17) is 9.47 Å². The molecule has 4 heteroatoms. The number of aliphatic hydroxyl groups excluding tert-OH is 1. The smallest absolute Gasteiger partial charge is 0.306 e. The van der Waals surface area contributed by atoms with Crippen molar-refractivity contribution in [1.29, 1.82) is 0 Å². The molecular weight excluding hydrogens is 580 g/mol. The van der Waals surface area contributed by atoms with Crippen LogP contribution in [0.15, 0.2) is 0 Å². The van der Waals surface area contributed by atoms with E-state index in [0.717, 1.165) is 19.3 Å². The van der Waals surface area contributed by atoms with Crippen molar-refractivity contribution in [2.75, 3.05) is 19.8 Å². The van der Waals surface area contributed by atoms with Crippen LogP contribution in [0, 0.1) is 0 Å². The zero-order chi connectivity index (χ0) is 34.1. The van der Waals surface area contributed by atoms with E-state index < -0.39 is 6.10 Å². The molecule has 0 aromatic carbocycles. The van der Waals surface area contributed by atoms with Crippen molar-refractivity contribution in [2.45, 2.75) is 251 Å². The van der Waals surface area contributed by atoms with E-state index in [1.165, 1.54) is 205 Å². The highest BCUT2D eigenvalue weighted by Gasteiger charge is 2.13. The van der Waals surface area contributed by atoms with E-state index in [1.54, 1.807) is 0 Å². The molecule has 4 nitrogen and oxygen atoms in total.